The highest BCUT2D eigenvalue weighted by Gasteiger charge is 2.34. The number of hydrogen-bond donors (Lipinski definition) is 15. The van der Waals surface area contributed by atoms with Crippen LogP contribution in [0, 0.1) is 54.3 Å². The van der Waals surface area contributed by atoms with Gasteiger partial charge < -0.3 is 113 Å². The molecule has 12 aromatic heterocycles. The molecule has 15 rings (SSSR count). The Morgan fingerprint density at radius 3 is 1.07 bits per heavy atom. The van der Waals surface area contributed by atoms with Gasteiger partial charge in [0.2, 0.25) is 41.2 Å². The summed E-state index contributed by atoms with van der Waals surface area (Å²) in [6, 6.07) is 19.6. The summed E-state index contributed by atoms with van der Waals surface area (Å²) < 4.78 is 36.6. The Morgan fingerprint density at radius 1 is 0.419 bits per heavy atom. The molecule has 3 fully saturated rings. The van der Waals surface area contributed by atoms with Crippen molar-refractivity contribution in [1.82, 2.24) is 96.7 Å². The molecular formula is C86H88Cl3N31O16. The van der Waals surface area contributed by atoms with Crippen molar-refractivity contribution in [2.24, 2.45) is 28.6 Å². The van der Waals surface area contributed by atoms with E-state index in [1.807, 2.05) is 12.1 Å². The lowest BCUT2D eigenvalue weighted by atomic mass is 10.2. The van der Waals surface area contributed by atoms with Gasteiger partial charge in [-0.2, -0.15) is 20.5 Å². The highest BCUT2D eigenvalue weighted by atomic mass is 35.5. The normalized spacial score (nSPS) is 11.9. The molecule has 47 nitrogen and oxygen atoms in total. The number of ether oxygens (including phenoxy) is 5. The van der Waals surface area contributed by atoms with E-state index in [-0.39, 0.29) is 127 Å². The second-order valence-electron chi connectivity index (χ2n) is 28.3. The third-order valence-electron chi connectivity index (χ3n) is 19.1. The molecule has 0 radical (unpaired) electrons. The minimum atomic E-state index is -0.383. The SMILES string of the molecule is CNC(=O)c1cnc(Cl)cc1Cl.CNC(=O)c1cnc(Cl)cc1Nc1nccc(C#N)c1OC.CNC(=O)c1cnc(NC(=O)C2CC2)cc1Nc1nccc(-c2noc(C)n2)c1OC.CNC(=O)c1cnc(NC(=O)C2CC2)cc1Nc1nccc(-c2noc(C)n2)c1OC.CNC(=O)c1cnc(NC(=O)C2CC2)cc1Nc1nccc(/C(N)=N\O)c1OC.COc1c(C#N)ccnc1N. The number of aromatic nitrogens is 14. The topological polar surface area (TPSA) is 666 Å². The van der Waals surface area contributed by atoms with Gasteiger partial charge in [0, 0.05) is 147 Å². The van der Waals surface area contributed by atoms with Crippen LogP contribution < -0.4 is 99.0 Å². The van der Waals surface area contributed by atoms with Gasteiger partial charge in [0.05, 0.1) is 119 Å². The standard InChI is InChI=1S/2C20H21N7O4.C18H21N7O4.C14H12ClN5O2.C7H6Cl2N2O.C7H7N3O/c2*1-10-24-17(27-31-10)12-6-7-22-18(16(12)30-3)25-14-8-15(26-19(28)11-4-5-11)23-9-13(14)20(29)21-2;1-20-18(27)11-8-22-13(24-17(26)9-3-4-9)7-12(11)23-16-14(29-2)10(5-6-21-16)15(19)25-28;1-17-14(21)9-7-19-11(15)5-10(9)20-13-12(22-2)8(6-16)3-4-18-13;1-10-7(12)4-3-11-6(9)2-5(4)8;1-11-6-5(4-8)2-3-10-7(6)9/h2*6-9,11H,4-5H2,1-3H3,(H,21,29)(H2,22,23,25,26,28);5-9,28H,3-4H2,1-2H3,(H2,19,25)(H,20,27)(H2,21,22,23,24,26);3-5,7H,1-2H3,(H,17,21)(H,18,19,20);2-3H,1H3,(H,10,12);2-3H,1H3,(H2,9,10). The average Bonchev–Trinajstić information content (AvgIpc) is 1.07. The number of nitriles is 2. The van der Waals surface area contributed by atoms with Gasteiger partial charge in [-0.25, -0.2) is 49.8 Å². The number of halogens is 3. The number of pyridine rings is 10. The van der Waals surface area contributed by atoms with E-state index in [1.165, 1.54) is 151 Å². The molecule has 3 aliphatic rings. The van der Waals surface area contributed by atoms with Crippen molar-refractivity contribution >= 4 is 157 Å². The number of rotatable bonds is 27. The van der Waals surface area contributed by atoms with E-state index in [9.17, 15) is 38.4 Å². The quantitative estimate of drug-likeness (QED) is 0.00748. The van der Waals surface area contributed by atoms with Crippen LogP contribution in [0.15, 0.2) is 137 Å². The number of carbonyl (C=O) groups is 8. The molecule has 0 saturated heterocycles. The van der Waals surface area contributed by atoms with Gasteiger partial charge in [-0.3, -0.25) is 38.4 Å². The molecule has 136 heavy (non-hydrogen) atoms. The first-order valence-corrected chi connectivity index (χ1v) is 41.5. The first-order chi connectivity index (χ1) is 65.5. The monoisotopic (exact) mass is 1920 g/mol. The summed E-state index contributed by atoms with van der Waals surface area (Å²) in [4.78, 5) is 146. The molecule has 0 atom stereocenters. The largest absolute Gasteiger partial charge is 0.492 e. The third kappa shape index (κ3) is 26.5. The van der Waals surface area contributed by atoms with Gasteiger partial charge in [0.15, 0.2) is 63.7 Å². The molecule has 3 saturated carbocycles. The number of anilines is 12. The first kappa shape index (κ1) is 101. The van der Waals surface area contributed by atoms with Crippen molar-refractivity contribution in [3.8, 4) is 63.7 Å². The second kappa shape index (κ2) is 48.0. The van der Waals surface area contributed by atoms with Crippen LogP contribution in [0.4, 0.5) is 69.3 Å². The summed E-state index contributed by atoms with van der Waals surface area (Å²) in [5.74, 6) is 3.39. The fraction of sp³-hybridized carbons (Fsp3) is 0.244. The molecule has 17 N–H and O–H groups in total. The number of nitrogens with zero attached hydrogens (tertiary/aromatic N) is 17. The summed E-state index contributed by atoms with van der Waals surface area (Å²) in [7, 11) is 14.8. The van der Waals surface area contributed by atoms with Crippen molar-refractivity contribution < 1.29 is 76.3 Å². The van der Waals surface area contributed by atoms with Crippen molar-refractivity contribution in [3.63, 3.8) is 0 Å². The van der Waals surface area contributed by atoms with E-state index in [0.29, 0.717) is 137 Å². The maximum atomic E-state index is 12.4. The van der Waals surface area contributed by atoms with Gasteiger partial charge in [0.1, 0.15) is 39.9 Å². The van der Waals surface area contributed by atoms with Crippen molar-refractivity contribution in [3.05, 3.63) is 194 Å². The molecule has 8 amide bonds. The van der Waals surface area contributed by atoms with Gasteiger partial charge in [-0.1, -0.05) is 50.3 Å². The summed E-state index contributed by atoms with van der Waals surface area (Å²) in [5.41, 5.74) is 16.2. The number of nitrogen functional groups attached to an aromatic ring is 1. The van der Waals surface area contributed by atoms with Crippen LogP contribution in [0.5, 0.6) is 28.7 Å². The highest BCUT2D eigenvalue weighted by Crippen LogP contribution is 2.41. The molecular weight excluding hydrogens is 1830 g/mol. The van der Waals surface area contributed by atoms with E-state index >= 15 is 0 Å². The lowest BCUT2D eigenvalue weighted by molar-refractivity contribution is -0.118. The number of nitrogens with one attached hydrogen (secondary N) is 12. The Kier molecular flexibility index (Phi) is 35.6. The number of carbonyl (C=O) groups excluding carboxylic acids is 8. The van der Waals surface area contributed by atoms with Crippen LogP contribution in [0.1, 0.15) is 119 Å². The van der Waals surface area contributed by atoms with Crippen molar-refractivity contribution in [2.45, 2.75) is 52.4 Å². The van der Waals surface area contributed by atoms with E-state index in [1.54, 1.807) is 56.6 Å². The Bertz CT molecular complexity index is 6360. The molecule has 50 heteroatoms. The Labute approximate surface area is 789 Å². The van der Waals surface area contributed by atoms with E-state index in [0.717, 1.165) is 38.5 Å². The molecule has 12 heterocycles. The Balaban J connectivity index is 0.000000175. The van der Waals surface area contributed by atoms with Gasteiger partial charge in [0.25, 0.3) is 29.5 Å². The fourth-order valence-corrected chi connectivity index (χ4v) is 12.5. The fourth-order valence-electron chi connectivity index (χ4n) is 11.9. The lowest BCUT2D eigenvalue weighted by Gasteiger charge is -2.16. The van der Waals surface area contributed by atoms with Crippen molar-refractivity contribution in [2.75, 3.05) is 114 Å². The highest BCUT2D eigenvalue weighted by molar-refractivity contribution is 6.36. The zero-order valence-corrected chi connectivity index (χ0v) is 76.8. The lowest BCUT2D eigenvalue weighted by Crippen LogP contribution is -2.21. The maximum absolute atomic E-state index is 12.4. The van der Waals surface area contributed by atoms with E-state index < -0.39 is 0 Å². The predicted molar refractivity (Wildman–Crippen MR) is 497 cm³/mol. The number of aryl methyl sites for hydroxylation is 2. The summed E-state index contributed by atoms with van der Waals surface area (Å²) in [5, 5.41) is 71.3. The molecule has 0 bridgehead atoms. The zero-order valence-electron chi connectivity index (χ0n) is 74.5. The summed E-state index contributed by atoms with van der Waals surface area (Å²) >= 11 is 17.1. The summed E-state index contributed by atoms with van der Waals surface area (Å²) in [6.45, 7) is 3.38. The summed E-state index contributed by atoms with van der Waals surface area (Å²) in [6.07, 6.45) is 19.5. The molecule has 0 aliphatic heterocycles. The molecule has 0 unspecified atom stereocenters. The predicted octanol–water partition coefficient (Wildman–Crippen LogP) is 10.0. The van der Waals surface area contributed by atoms with Gasteiger partial charge in [-0.05, 0) is 81.0 Å². The van der Waals surface area contributed by atoms with E-state index in [2.05, 4.69) is 139 Å². The molecule has 0 aromatic carbocycles. The number of amides is 8. The van der Waals surface area contributed by atoms with Gasteiger partial charge >= 0.3 is 0 Å². The van der Waals surface area contributed by atoms with Crippen molar-refractivity contribution in [1.29, 1.82) is 10.5 Å². The number of hydrogen-bond acceptors (Lipinski definition) is 38. The van der Waals surface area contributed by atoms with Crippen LogP contribution >= 0.6 is 34.8 Å². The Morgan fingerprint density at radius 2 is 0.735 bits per heavy atom. The first-order valence-electron chi connectivity index (χ1n) is 40.4. The average molecular weight is 1920 g/mol. The van der Waals surface area contributed by atoms with Gasteiger partial charge in [-0.15, -0.1) is 0 Å². The smallest absolute Gasteiger partial charge is 0.254 e. The molecule has 12 aromatic rings. The number of amidine groups is 1. The number of oxime groups is 1. The van der Waals surface area contributed by atoms with Crippen LogP contribution in [0.2, 0.25) is 15.3 Å². The van der Waals surface area contributed by atoms with Crippen LogP contribution in [-0.2, 0) is 14.4 Å². The second-order valence-corrected chi connectivity index (χ2v) is 29.5. The molecule has 3 aliphatic carbocycles. The van der Waals surface area contributed by atoms with Crippen LogP contribution in [-0.4, -0.2) is 199 Å². The van der Waals surface area contributed by atoms with Crippen LogP contribution in [0.3, 0.4) is 0 Å². The minimum absolute atomic E-state index is 0.00557. The van der Waals surface area contributed by atoms with E-state index in [4.69, 9.17) is 94.7 Å². The Hall–Kier alpha value is -17.3. The minimum Gasteiger partial charge on any atom is -0.492 e. The zero-order chi connectivity index (χ0) is 98.4. The third-order valence-corrected chi connectivity index (χ3v) is 19.8. The number of nitrogens with two attached hydrogens (primary N) is 2. The van der Waals surface area contributed by atoms with Crippen LogP contribution in [0.25, 0.3) is 22.8 Å². The number of methoxy groups -OCH3 is 5. The maximum Gasteiger partial charge on any atom is 0.254 e. The molecule has 0 spiro atoms. The molecule has 704 valence electrons.